The van der Waals surface area contributed by atoms with Crippen LogP contribution in [0, 0.1) is 6.92 Å². The van der Waals surface area contributed by atoms with Gasteiger partial charge in [0.2, 0.25) is 0 Å². The maximum atomic E-state index is 12.4. The number of ketones is 1. The normalized spacial score (nSPS) is 17.7. The highest BCUT2D eigenvalue weighted by atomic mass is 32.1. The van der Waals surface area contributed by atoms with Gasteiger partial charge in [-0.15, -0.1) is 11.3 Å². The first-order valence-corrected chi connectivity index (χ1v) is 7.13. The number of hydrogen-bond acceptors (Lipinski definition) is 3. The Labute approximate surface area is 111 Å². The van der Waals surface area contributed by atoms with Crippen LogP contribution in [0.1, 0.15) is 34.2 Å². The minimum atomic E-state index is 0.0863. The van der Waals surface area contributed by atoms with Crippen LogP contribution in [0.2, 0.25) is 0 Å². The van der Waals surface area contributed by atoms with E-state index in [2.05, 4.69) is 23.2 Å². The number of thiazole rings is 1. The lowest BCUT2D eigenvalue weighted by atomic mass is 9.94. The third-order valence-electron chi connectivity index (χ3n) is 3.54. The van der Waals surface area contributed by atoms with Gasteiger partial charge in [0.25, 0.3) is 0 Å². The lowest BCUT2D eigenvalue weighted by molar-refractivity contribution is -0.119. The van der Waals surface area contributed by atoms with Gasteiger partial charge in [-0.2, -0.15) is 0 Å². The molecule has 18 heavy (non-hydrogen) atoms. The number of benzene rings is 1. The van der Waals surface area contributed by atoms with Crippen molar-refractivity contribution in [3.8, 4) is 0 Å². The monoisotopic (exact) mass is 257 g/mol. The SMILES string of the molecule is Cc1nc(CC(=O)C2CCc3ccccc32)cs1. The summed E-state index contributed by atoms with van der Waals surface area (Å²) in [5, 5.41) is 3.03. The number of aryl methyl sites for hydroxylation is 2. The Morgan fingerprint density at radius 2 is 2.28 bits per heavy atom. The molecule has 0 spiro atoms. The van der Waals surface area contributed by atoms with Gasteiger partial charge in [-0.25, -0.2) is 4.98 Å². The van der Waals surface area contributed by atoms with Gasteiger partial charge in [-0.05, 0) is 30.9 Å². The topological polar surface area (TPSA) is 30.0 Å². The molecule has 2 nitrogen and oxygen atoms in total. The first-order valence-electron chi connectivity index (χ1n) is 6.25. The van der Waals surface area contributed by atoms with Gasteiger partial charge in [-0.3, -0.25) is 4.79 Å². The number of nitrogens with zero attached hydrogens (tertiary/aromatic N) is 1. The Balaban J connectivity index is 1.78. The molecule has 0 amide bonds. The van der Waals surface area contributed by atoms with Crippen LogP contribution in [-0.4, -0.2) is 10.8 Å². The van der Waals surface area contributed by atoms with Crippen molar-refractivity contribution in [3.05, 3.63) is 51.5 Å². The van der Waals surface area contributed by atoms with E-state index in [1.807, 2.05) is 18.4 Å². The van der Waals surface area contributed by atoms with E-state index in [-0.39, 0.29) is 5.92 Å². The molecule has 0 fully saturated rings. The van der Waals surface area contributed by atoms with Crippen LogP contribution >= 0.6 is 11.3 Å². The van der Waals surface area contributed by atoms with E-state index in [0.717, 1.165) is 23.5 Å². The lowest BCUT2D eigenvalue weighted by Crippen LogP contribution is -2.12. The molecule has 0 saturated carbocycles. The minimum Gasteiger partial charge on any atom is -0.299 e. The summed E-state index contributed by atoms with van der Waals surface area (Å²) < 4.78 is 0. The second-order valence-corrected chi connectivity index (χ2v) is 5.85. The van der Waals surface area contributed by atoms with Gasteiger partial charge in [-0.1, -0.05) is 24.3 Å². The van der Waals surface area contributed by atoms with Crippen molar-refractivity contribution in [1.82, 2.24) is 4.98 Å². The summed E-state index contributed by atoms with van der Waals surface area (Å²) in [5.41, 5.74) is 3.49. The molecule has 2 aromatic rings. The zero-order valence-electron chi connectivity index (χ0n) is 10.3. The molecular weight excluding hydrogens is 242 g/mol. The summed E-state index contributed by atoms with van der Waals surface area (Å²) >= 11 is 1.61. The van der Waals surface area contributed by atoms with E-state index in [1.54, 1.807) is 11.3 Å². The summed E-state index contributed by atoms with van der Waals surface area (Å²) in [5.74, 6) is 0.397. The van der Waals surface area contributed by atoms with Crippen LogP contribution in [0.25, 0.3) is 0 Å². The van der Waals surface area contributed by atoms with E-state index in [0.29, 0.717) is 12.2 Å². The van der Waals surface area contributed by atoms with E-state index in [1.165, 1.54) is 11.1 Å². The third kappa shape index (κ3) is 2.10. The molecule has 1 aliphatic rings. The Kier molecular flexibility index (Phi) is 3.00. The van der Waals surface area contributed by atoms with Gasteiger partial charge >= 0.3 is 0 Å². The number of fused-ring (bicyclic) bond motifs is 1. The van der Waals surface area contributed by atoms with E-state index in [4.69, 9.17) is 0 Å². The van der Waals surface area contributed by atoms with Gasteiger partial charge < -0.3 is 0 Å². The number of Topliss-reactive ketones (excluding diaryl/α,β-unsaturated/α-hetero) is 1. The van der Waals surface area contributed by atoms with Crippen molar-refractivity contribution in [2.24, 2.45) is 0 Å². The number of carbonyl (C=O) groups is 1. The fourth-order valence-corrected chi connectivity index (χ4v) is 3.30. The molecule has 3 heteroatoms. The van der Waals surface area contributed by atoms with Crippen LogP contribution in [0.5, 0.6) is 0 Å². The molecule has 0 aliphatic heterocycles. The second kappa shape index (κ2) is 4.65. The highest BCUT2D eigenvalue weighted by Crippen LogP contribution is 2.34. The van der Waals surface area contributed by atoms with Gasteiger partial charge in [0, 0.05) is 11.3 Å². The van der Waals surface area contributed by atoms with Gasteiger partial charge in [0.1, 0.15) is 5.78 Å². The van der Waals surface area contributed by atoms with Crippen molar-refractivity contribution in [2.75, 3.05) is 0 Å². The molecule has 0 N–H and O–H groups in total. The second-order valence-electron chi connectivity index (χ2n) is 4.79. The summed E-state index contributed by atoms with van der Waals surface area (Å²) in [4.78, 5) is 16.7. The molecule has 0 radical (unpaired) electrons. The molecule has 1 aromatic heterocycles. The van der Waals surface area contributed by atoms with Crippen LogP contribution < -0.4 is 0 Å². The Bertz CT molecular complexity index is 588. The van der Waals surface area contributed by atoms with E-state index >= 15 is 0 Å². The Morgan fingerprint density at radius 3 is 3.06 bits per heavy atom. The van der Waals surface area contributed by atoms with Crippen molar-refractivity contribution >= 4 is 17.1 Å². The van der Waals surface area contributed by atoms with Crippen molar-refractivity contribution in [2.45, 2.75) is 32.1 Å². The number of rotatable bonds is 3. The van der Waals surface area contributed by atoms with Crippen molar-refractivity contribution in [1.29, 1.82) is 0 Å². The smallest absolute Gasteiger partial charge is 0.146 e. The van der Waals surface area contributed by atoms with Crippen molar-refractivity contribution < 1.29 is 4.79 Å². The Hall–Kier alpha value is -1.48. The molecular formula is C15H15NOS. The lowest BCUT2D eigenvalue weighted by Gasteiger charge is -2.09. The Morgan fingerprint density at radius 1 is 1.44 bits per heavy atom. The fourth-order valence-electron chi connectivity index (χ4n) is 2.68. The summed E-state index contributed by atoms with van der Waals surface area (Å²) in [7, 11) is 0. The minimum absolute atomic E-state index is 0.0863. The van der Waals surface area contributed by atoms with Crippen LogP contribution in [0.4, 0.5) is 0 Å². The number of hydrogen-bond donors (Lipinski definition) is 0. The number of aromatic nitrogens is 1. The first-order chi connectivity index (χ1) is 8.74. The molecule has 1 atom stereocenters. The predicted octanol–water partition coefficient (Wildman–Crippen LogP) is 3.29. The molecule has 1 aromatic carbocycles. The zero-order chi connectivity index (χ0) is 12.5. The quantitative estimate of drug-likeness (QED) is 0.844. The van der Waals surface area contributed by atoms with Gasteiger partial charge in [0.05, 0.1) is 17.1 Å². The average Bonchev–Trinajstić information content (AvgIpc) is 2.95. The first kappa shape index (κ1) is 11.6. The number of carbonyl (C=O) groups excluding carboxylic acids is 1. The molecule has 92 valence electrons. The summed E-state index contributed by atoms with van der Waals surface area (Å²) in [6.07, 6.45) is 2.47. The molecule has 0 saturated heterocycles. The van der Waals surface area contributed by atoms with E-state index < -0.39 is 0 Å². The standard InChI is InChI=1S/C15H15NOS/c1-10-16-12(9-18-10)8-15(17)14-7-6-11-4-2-3-5-13(11)14/h2-5,9,14H,6-8H2,1H3. The maximum Gasteiger partial charge on any atom is 0.146 e. The molecule has 3 rings (SSSR count). The summed E-state index contributed by atoms with van der Waals surface area (Å²) in [6.45, 7) is 1.98. The van der Waals surface area contributed by atoms with Crippen LogP contribution in [0.3, 0.4) is 0 Å². The largest absolute Gasteiger partial charge is 0.299 e. The van der Waals surface area contributed by atoms with Crippen LogP contribution in [0.15, 0.2) is 29.6 Å². The van der Waals surface area contributed by atoms with E-state index in [9.17, 15) is 4.79 Å². The average molecular weight is 257 g/mol. The van der Waals surface area contributed by atoms with Crippen molar-refractivity contribution in [3.63, 3.8) is 0 Å². The highest BCUT2D eigenvalue weighted by molar-refractivity contribution is 7.09. The zero-order valence-corrected chi connectivity index (χ0v) is 11.2. The fraction of sp³-hybridized carbons (Fsp3) is 0.333. The molecule has 0 bridgehead atoms. The maximum absolute atomic E-state index is 12.4. The molecule has 1 aliphatic carbocycles. The summed E-state index contributed by atoms with van der Waals surface area (Å²) in [6, 6.07) is 8.31. The predicted molar refractivity (Wildman–Crippen MR) is 73.1 cm³/mol. The molecule has 1 heterocycles. The highest BCUT2D eigenvalue weighted by Gasteiger charge is 2.28. The van der Waals surface area contributed by atoms with Crippen LogP contribution in [-0.2, 0) is 17.6 Å². The third-order valence-corrected chi connectivity index (χ3v) is 4.37. The molecule has 1 unspecified atom stereocenters. The van der Waals surface area contributed by atoms with Gasteiger partial charge in [0.15, 0.2) is 0 Å².